The second-order valence-electron chi connectivity index (χ2n) is 5.54. The molecule has 26 heavy (non-hydrogen) atoms. The van der Waals surface area contributed by atoms with Crippen molar-refractivity contribution in [3.05, 3.63) is 53.4 Å². The van der Waals surface area contributed by atoms with Crippen LogP contribution in [0.25, 0.3) is 15.7 Å². The summed E-state index contributed by atoms with van der Waals surface area (Å²) in [6.07, 6.45) is 6.51. The molecular formula is C18H20N6OS. The summed E-state index contributed by atoms with van der Waals surface area (Å²) in [5.41, 5.74) is 7.81. The van der Waals surface area contributed by atoms with Crippen LogP contribution in [0.3, 0.4) is 0 Å². The number of pyridine rings is 2. The van der Waals surface area contributed by atoms with E-state index in [0.717, 1.165) is 10.3 Å². The molecule has 0 radical (unpaired) electrons. The maximum atomic E-state index is 8.84. The third-order valence-corrected chi connectivity index (χ3v) is 4.81. The maximum absolute atomic E-state index is 8.84. The molecule has 0 aromatic carbocycles. The van der Waals surface area contributed by atoms with Gasteiger partial charge in [-0.15, -0.1) is 11.3 Å². The van der Waals surface area contributed by atoms with Crippen LogP contribution in [0, 0.1) is 5.41 Å². The number of nitrogen functional groups attached to an aromatic ring is 1. The first-order valence-electron chi connectivity index (χ1n) is 8.09. The van der Waals surface area contributed by atoms with Crippen LogP contribution in [0.5, 0.6) is 0 Å². The quantitative estimate of drug-likeness (QED) is 0.308. The summed E-state index contributed by atoms with van der Waals surface area (Å²) >= 11 is 1.70. The highest BCUT2D eigenvalue weighted by Crippen LogP contribution is 2.26. The second-order valence-corrected chi connectivity index (χ2v) is 6.70. The minimum Gasteiger partial charge on any atom is -0.396 e. The molecule has 0 unspecified atom stereocenters. The third kappa shape index (κ3) is 4.16. The lowest BCUT2D eigenvalue weighted by Crippen LogP contribution is -2.12. The van der Waals surface area contributed by atoms with E-state index in [4.69, 9.17) is 16.2 Å². The number of hydrogen-bond donors (Lipinski definition) is 5. The Labute approximate surface area is 155 Å². The molecule has 3 aromatic rings. The SMILES string of the molecule is N=C/C(=C\NCCO)c1ccc(N)c(NCc2cc3cnccc3s2)n1. The number of thiophene rings is 1. The largest absolute Gasteiger partial charge is 0.396 e. The lowest BCUT2D eigenvalue weighted by Gasteiger charge is -2.10. The second kappa shape index (κ2) is 8.41. The van der Waals surface area contributed by atoms with Crippen LogP contribution in [0.15, 0.2) is 42.9 Å². The van der Waals surface area contributed by atoms with Gasteiger partial charge in [-0.2, -0.15) is 0 Å². The number of aromatic nitrogens is 2. The highest BCUT2D eigenvalue weighted by atomic mass is 32.1. The van der Waals surface area contributed by atoms with Crippen molar-refractivity contribution in [3.63, 3.8) is 0 Å². The Hall–Kier alpha value is -2.97. The number of aliphatic hydroxyl groups excluding tert-OH is 1. The summed E-state index contributed by atoms with van der Waals surface area (Å²) in [6.45, 7) is 1.04. The van der Waals surface area contributed by atoms with Gasteiger partial charge in [0.2, 0.25) is 0 Å². The van der Waals surface area contributed by atoms with Crippen LogP contribution in [0.2, 0.25) is 0 Å². The van der Waals surface area contributed by atoms with Gasteiger partial charge in [-0.3, -0.25) is 4.98 Å². The Morgan fingerprint density at radius 3 is 3.00 bits per heavy atom. The molecule has 0 bridgehead atoms. The maximum Gasteiger partial charge on any atom is 0.150 e. The predicted molar refractivity (Wildman–Crippen MR) is 107 cm³/mol. The number of rotatable bonds is 8. The molecule has 0 saturated heterocycles. The molecule has 0 spiro atoms. The summed E-state index contributed by atoms with van der Waals surface area (Å²) in [5.74, 6) is 0.577. The number of anilines is 2. The first-order chi connectivity index (χ1) is 12.7. The average molecular weight is 368 g/mol. The van der Waals surface area contributed by atoms with Gasteiger partial charge in [0.1, 0.15) is 5.82 Å². The van der Waals surface area contributed by atoms with Crippen molar-refractivity contribution in [2.24, 2.45) is 0 Å². The summed E-state index contributed by atoms with van der Waals surface area (Å²) in [5, 5.41) is 23.7. The van der Waals surface area contributed by atoms with Gasteiger partial charge in [-0.05, 0) is 24.3 Å². The molecule has 0 saturated carbocycles. The Bertz CT molecular complexity index is 903. The van der Waals surface area contributed by atoms with Crippen molar-refractivity contribution in [1.82, 2.24) is 15.3 Å². The van der Waals surface area contributed by atoms with Gasteiger partial charge in [-0.1, -0.05) is 0 Å². The van der Waals surface area contributed by atoms with Crippen LogP contribution >= 0.6 is 11.3 Å². The molecule has 8 heteroatoms. The molecular weight excluding hydrogens is 348 g/mol. The Morgan fingerprint density at radius 1 is 1.35 bits per heavy atom. The van der Waals surface area contributed by atoms with E-state index < -0.39 is 0 Å². The zero-order chi connectivity index (χ0) is 18.4. The number of nitrogens with zero attached hydrogens (tertiary/aromatic N) is 2. The molecule has 0 aliphatic rings. The van der Waals surface area contributed by atoms with Crippen LogP contribution in [-0.4, -0.2) is 34.4 Å². The number of aliphatic hydroxyl groups is 1. The summed E-state index contributed by atoms with van der Waals surface area (Å²) in [4.78, 5) is 9.82. The summed E-state index contributed by atoms with van der Waals surface area (Å²) < 4.78 is 1.19. The lowest BCUT2D eigenvalue weighted by molar-refractivity contribution is 0.298. The number of allylic oxidation sites excluding steroid dienone is 1. The molecule has 0 fully saturated rings. The molecule has 7 nitrogen and oxygen atoms in total. The van der Waals surface area contributed by atoms with E-state index in [1.807, 2.05) is 12.3 Å². The molecule has 0 atom stereocenters. The first-order valence-corrected chi connectivity index (χ1v) is 8.91. The van der Waals surface area contributed by atoms with Crippen LogP contribution < -0.4 is 16.4 Å². The lowest BCUT2D eigenvalue weighted by atomic mass is 10.2. The fourth-order valence-electron chi connectivity index (χ4n) is 2.41. The van der Waals surface area contributed by atoms with Gasteiger partial charge in [0.05, 0.1) is 24.5 Å². The van der Waals surface area contributed by atoms with Gasteiger partial charge in [0, 0.05) is 51.9 Å². The zero-order valence-corrected chi connectivity index (χ0v) is 14.9. The molecule has 134 valence electrons. The predicted octanol–water partition coefficient (Wildman–Crippen LogP) is 2.46. The van der Waals surface area contributed by atoms with Crippen molar-refractivity contribution < 1.29 is 5.11 Å². The fraction of sp³-hybridized carbons (Fsp3) is 0.167. The van der Waals surface area contributed by atoms with Gasteiger partial charge in [-0.25, -0.2) is 4.98 Å². The minimum atomic E-state index is 0.0223. The molecule has 0 aliphatic carbocycles. The van der Waals surface area contributed by atoms with E-state index in [-0.39, 0.29) is 6.61 Å². The van der Waals surface area contributed by atoms with E-state index in [2.05, 4.69) is 26.7 Å². The minimum absolute atomic E-state index is 0.0223. The smallest absolute Gasteiger partial charge is 0.150 e. The Kier molecular flexibility index (Phi) is 5.77. The van der Waals surface area contributed by atoms with Crippen molar-refractivity contribution in [2.45, 2.75) is 6.54 Å². The van der Waals surface area contributed by atoms with E-state index in [0.29, 0.717) is 35.9 Å². The Morgan fingerprint density at radius 2 is 2.23 bits per heavy atom. The van der Waals surface area contributed by atoms with Crippen LogP contribution in [0.1, 0.15) is 10.6 Å². The van der Waals surface area contributed by atoms with Crippen molar-refractivity contribution in [2.75, 3.05) is 24.2 Å². The number of nitrogens with one attached hydrogen (secondary N) is 3. The average Bonchev–Trinajstić information content (AvgIpc) is 3.08. The molecule has 3 rings (SSSR count). The molecule has 0 aliphatic heterocycles. The van der Waals surface area contributed by atoms with Gasteiger partial charge in [0.15, 0.2) is 0 Å². The molecule has 3 aromatic heterocycles. The van der Waals surface area contributed by atoms with E-state index in [9.17, 15) is 0 Å². The van der Waals surface area contributed by atoms with Gasteiger partial charge in [0.25, 0.3) is 0 Å². The Balaban J connectivity index is 1.76. The van der Waals surface area contributed by atoms with Crippen LogP contribution in [0.4, 0.5) is 11.5 Å². The van der Waals surface area contributed by atoms with E-state index >= 15 is 0 Å². The van der Waals surface area contributed by atoms with Gasteiger partial charge >= 0.3 is 0 Å². The fourth-order valence-corrected chi connectivity index (χ4v) is 3.38. The number of hydrogen-bond acceptors (Lipinski definition) is 8. The zero-order valence-electron chi connectivity index (χ0n) is 14.1. The van der Waals surface area contributed by atoms with Gasteiger partial charge < -0.3 is 26.9 Å². The van der Waals surface area contributed by atoms with Crippen molar-refractivity contribution >= 4 is 44.7 Å². The standard InChI is InChI=1S/C18H20N6OS/c19-8-13(10-22-5-6-25)16-2-1-15(20)18(24-16)23-11-14-7-12-9-21-4-3-17(12)26-14/h1-4,7-10,19,22,25H,5-6,11,20H2,(H,23,24)/b13-10+,19-8?. The third-order valence-electron chi connectivity index (χ3n) is 3.69. The summed E-state index contributed by atoms with van der Waals surface area (Å²) in [7, 11) is 0. The monoisotopic (exact) mass is 368 g/mol. The molecule has 0 amide bonds. The normalized spacial score (nSPS) is 11.5. The highest BCUT2D eigenvalue weighted by Gasteiger charge is 2.07. The highest BCUT2D eigenvalue weighted by molar-refractivity contribution is 7.19. The number of fused-ring (bicyclic) bond motifs is 1. The molecule has 3 heterocycles. The van der Waals surface area contributed by atoms with Crippen molar-refractivity contribution in [1.29, 1.82) is 5.41 Å². The van der Waals surface area contributed by atoms with Crippen LogP contribution in [-0.2, 0) is 6.54 Å². The van der Waals surface area contributed by atoms with E-state index in [1.165, 1.54) is 10.9 Å². The topological polar surface area (TPSA) is 120 Å². The first kappa shape index (κ1) is 17.8. The summed E-state index contributed by atoms with van der Waals surface area (Å²) in [6, 6.07) is 7.63. The number of nitrogens with two attached hydrogens (primary N) is 1. The molecule has 6 N–H and O–H groups in total. The van der Waals surface area contributed by atoms with E-state index in [1.54, 1.807) is 35.9 Å². The van der Waals surface area contributed by atoms with Crippen molar-refractivity contribution in [3.8, 4) is 0 Å².